The Hall–Kier alpha value is -2.08. The van der Waals surface area contributed by atoms with E-state index >= 15 is 0 Å². The van der Waals surface area contributed by atoms with Gasteiger partial charge in [-0.1, -0.05) is 12.1 Å². The lowest BCUT2D eigenvalue weighted by Gasteiger charge is -2.08. The van der Waals surface area contributed by atoms with Gasteiger partial charge < -0.3 is 10.5 Å². The molecule has 0 radical (unpaired) electrons. The molecule has 0 aliphatic heterocycles. The van der Waals surface area contributed by atoms with Crippen LogP contribution in [0.25, 0.3) is 0 Å². The van der Waals surface area contributed by atoms with Crippen LogP contribution in [0.2, 0.25) is 0 Å². The van der Waals surface area contributed by atoms with Crippen molar-refractivity contribution in [2.75, 3.05) is 12.8 Å². The number of ether oxygens (including phenoxy) is 1. The van der Waals surface area contributed by atoms with E-state index in [1.54, 1.807) is 12.1 Å². The first-order valence-electron chi connectivity index (χ1n) is 5.84. The van der Waals surface area contributed by atoms with Crippen LogP contribution in [0.4, 0.5) is 10.1 Å². The summed E-state index contributed by atoms with van der Waals surface area (Å²) in [7, 11) is -2.14. The summed E-state index contributed by atoms with van der Waals surface area (Å²) in [5.41, 5.74) is 5.42. The van der Waals surface area contributed by atoms with Crippen LogP contribution in [-0.2, 0) is 15.6 Å². The zero-order chi connectivity index (χ0) is 14.8. The van der Waals surface area contributed by atoms with E-state index in [1.807, 2.05) is 0 Å². The Morgan fingerprint density at radius 3 is 2.40 bits per heavy atom. The van der Waals surface area contributed by atoms with E-state index < -0.39 is 21.4 Å². The fraction of sp³-hybridized carbons (Fsp3) is 0.143. The molecule has 2 rings (SSSR count). The van der Waals surface area contributed by atoms with Crippen LogP contribution in [0.3, 0.4) is 0 Å². The van der Waals surface area contributed by atoms with Gasteiger partial charge in [0, 0.05) is 5.56 Å². The Kier molecular flexibility index (Phi) is 3.94. The van der Waals surface area contributed by atoms with Gasteiger partial charge in [-0.3, -0.25) is 0 Å². The van der Waals surface area contributed by atoms with Gasteiger partial charge in [0.1, 0.15) is 11.6 Å². The molecule has 0 spiro atoms. The van der Waals surface area contributed by atoms with Gasteiger partial charge in [0.25, 0.3) is 0 Å². The third-order valence-electron chi connectivity index (χ3n) is 2.87. The predicted octanol–water partition coefficient (Wildman–Crippen LogP) is 2.39. The average molecular weight is 295 g/mol. The van der Waals surface area contributed by atoms with Crippen LogP contribution in [0.1, 0.15) is 5.56 Å². The first-order valence-corrected chi connectivity index (χ1v) is 7.49. The van der Waals surface area contributed by atoms with Crippen LogP contribution in [0.5, 0.6) is 5.75 Å². The number of anilines is 1. The van der Waals surface area contributed by atoms with E-state index in [9.17, 15) is 12.8 Å². The van der Waals surface area contributed by atoms with Crippen molar-refractivity contribution in [1.29, 1.82) is 0 Å². The fourth-order valence-electron chi connectivity index (χ4n) is 1.78. The largest absolute Gasteiger partial charge is 0.497 e. The quantitative estimate of drug-likeness (QED) is 0.879. The van der Waals surface area contributed by atoms with Gasteiger partial charge in [-0.25, -0.2) is 12.8 Å². The minimum atomic E-state index is -3.63. The topological polar surface area (TPSA) is 69.4 Å². The molecule has 0 aromatic heterocycles. The number of halogens is 1. The molecular formula is C14H14FNO3S. The van der Waals surface area contributed by atoms with E-state index in [0.717, 1.165) is 0 Å². The summed E-state index contributed by atoms with van der Waals surface area (Å²) in [4.78, 5) is 0.111. The van der Waals surface area contributed by atoms with Gasteiger partial charge in [-0.2, -0.15) is 0 Å². The number of sulfone groups is 1. The summed E-state index contributed by atoms with van der Waals surface area (Å²) >= 11 is 0. The highest BCUT2D eigenvalue weighted by atomic mass is 32.2. The zero-order valence-electron chi connectivity index (χ0n) is 10.8. The summed E-state index contributed by atoms with van der Waals surface area (Å²) in [5, 5.41) is 0. The maximum Gasteiger partial charge on any atom is 0.182 e. The second-order valence-electron chi connectivity index (χ2n) is 4.25. The predicted molar refractivity (Wildman–Crippen MR) is 74.7 cm³/mol. The molecule has 0 atom stereocenters. The molecule has 6 heteroatoms. The van der Waals surface area contributed by atoms with Gasteiger partial charge in [-0.15, -0.1) is 0 Å². The minimum absolute atomic E-state index is 0.0563. The van der Waals surface area contributed by atoms with Gasteiger partial charge in [-0.05, 0) is 30.3 Å². The number of hydrogen-bond acceptors (Lipinski definition) is 4. The van der Waals surface area contributed by atoms with Gasteiger partial charge >= 0.3 is 0 Å². The van der Waals surface area contributed by atoms with Crippen molar-refractivity contribution in [2.45, 2.75) is 10.6 Å². The molecule has 0 amide bonds. The Balaban J connectivity index is 2.33. The van der Waals surface area contributed by atoms with Gasteiger partial charge in [0.15, 0.2) is 9.84 Å². The van der Waals surface area contributed by atoms with Crippen LogP contribution in [-0.4, -0.2) is 15.5 Å². The summed E-state index contributed by atoms with van der Waals surface area (Å²) in [6, 6.07) is 10.3. The number of nitrogen functional groups attached to an aromatic ring is 1. The average Bonchev–Trinajstić information content (AvgIpc) is 2.44. The first-order chi connectivity index (χ1) is 9.44. The van der Waals surface area contributed by atoms with E-state index in [4.69, 9.17) is 10.5 Å². The van der Waals surface area contributed by atoms with E-state index in [0.29, 0.717) is 5.75 Å². The second kappa shape index (κ2) is 5.50. The fourth-order valence-corrected chi connectivity index (χ4v) is 3.13. The molecule has 0 fully saturated rings. The molecule has 106 valence electrons. The molecule has 2 aromatic rings. The van der Waals surface area contributed by atoms with Crippen molar-refractivity contribution in [1.82, 2.24) is 0 Å². The highest BCUT2D eigenvalue weighted by Crippen LogP contribution is 2.22. The lowest BCUT2D eigenvalue weighted by molar-refractivity contribution is 0.414. The maximum atomic E-state index is 13.8. The Labute approximate surface area is 116 Å². The normalized spacial score (nSPS) is 11.3. The summed E-state index contributed by atoms with van der Waals surface area (Å²) in [5.74, 6) is -0.570. The lowest BCUT2D eigenvalue weighted by Crippen LogP contribution is -2.07. The number of nitrogens with two attached hydrogens (primary N) is 1. The third kappa shape index (κ3) is 2.91. The highest BCUT2D eigenvalue weighted by Gasteiger charge is 2.18. The van der Waals surface area contributed by atoms with Crippen LogP contribution < -0.4 is 10.5 Å². The molecule has 0 unspecified atom stereocenters. The molecule has 0 heterocycles. The van der Waals surface area contributed by atoms with Crippen molar-refractivity contribution in [3.05, 3.63) is 53.8 Å². The summed E-state index contributed by atoms with van der Waals surface area (Å²) in [6.07, 6.45) is 0. The van der Waals surface area contributed by atoms with E-state index in [1.165, 1.54) is 37.4 Å². The lowest BCUT2D eigenvalue weighted by atomic mass is 10.2. The molecule has 2 aromatic carbocycles. The Morgan fingerprint density at radius 2 is 1.80 bits per heavy atom. The molecule has 4 nitrogen and oxygen atoms in total. The minimum Gasteiger partial charge on any atom is -0.497 e. The van der Waals surface area contributed by atoms with Gasteiger partial charge in [0.2, 0.25) is 0 Å². The van der Waals surface area contributed by atoms with Crippen molar-refractivity contribution in [3.63, 3.8) is 0 Å². The summed E-state index contributed by atoms with van der Waals surface area (Å²) < 4.78 is 43.2. The van der Waals surface area contributed by atoms with Crippen molar-refractivity contribution in [2.24, 2.45) is 0 Å². The first kappa shape index (κ1) is 14.3. The van der Waals surface area contributed by atoms with Crippen LogP contribution in [0.15, 0.2) is 47.4 Å². The molecule has 0 saturated carbocycles. The standard InChI is InChI=1S/C14H14FNO3S/c1-19-11-5-7-12(8-6-11)20(17,18)9-10-3-2-4-13(16)14(10)15/h2-8H,9,16H2,1H3. The maximum absolute atomic E-state index is 13.8. The van der Waals surface area contributed by atoms with Crippen LogP contribution >= 0.6 is 0 Å². The number of hydrogen-bond donors (Lipinski definition) is 1. The molecule has 0 bridgehead atoms. The number of methoxy groups -OCH3 is 1. The van der Waals surface area contributed by atoms with E-state index in [-0.39, 0.29) is 16.1 Å². The molecular weight excluding hydrogens is 281 g/mol. The third-order valence-corrected chi connectivity index (χ3v) is 4.55. The van der Waals surface area contributed by atoms with Gasteiger partial charge in [0.05, 0.1) is 23.4 Å². The molecule has 2 N–H and O–H groups in total. The molecule has 20 heavy (non-hydrogen) atoms. The molecule has 0 saturated heterocycles. The van der Waals surface area contributed by atoms with Crippen molar-refractivity contribution >= 4 is 15.5 Å². The highest BCUT2D eigenvalue weighted by molar-refractivity contribution is 7.90. The van der Waals surface area contributed by atoms with E-state index in [2.05, 4.69) is 0 Å². The smallest absolute Gasteiger partial charge is 0.182 e. The number of benzene rings is 2. The van der Waals surface area contributed by atoms with Crippen molar-refractivity contribution in [3.8, 4) is 5.75 Å². The SMILES string of the molecule is COc1ccc(S(=O)(=O)Cc2cccc(N)c2F)cc1. The second-order valence-corrected chi connectivity index (χ2v) is 6.24. The molecule has 0 aliphatic carbocycles. The summed E-state index contributed by atoms with van der Waals surface area (Å²) in [6.45, 7) is 0. The van der Waals surface area contributed by atoms with Crippen molar-refractivity contribution < 1.29 is 17.5 Å². The Morgan fingerprint density at radius 1 is 1.15 bits per heavy atom. The number of rotatable bonds is 4. The van der Waals surface area contributed by atoms with Crippen LogP contribution in [0, 0.1) is 5.82 Å². The monoisotopic (exact) mass is 295 g/mol. The molecule has 0 aliphatic rings. The zero-order valence-corrected chi connectivity index (χ0v) is 11.7. The Bertz CT molecular complexity index is 712.